The van der Waals surface area contributed by atoms with Gasteiger partial charge in [0.2, 0.25) is 0 Å². The van der Waals surface area contributed by atoms with Crippen LogP contribution in [-0.2, 0) is 22.6 Å². The van der Waals surface area contributed by atoms with Crippen molar-refractivity contribution in [1.82, 2.24) is 15.3 Å². The molecular formula is C40H35N3O5S. The zero-order valence-corrected chi connectivity index (χ0v) is 27.5. The standard InChI is InChI=1S/C40H35N3O5S/c44-25-28-15-17-29(18-16-28)35-22-34(26-49-40-43-36(30-8-3-1-4-9-30)37(48-40)31-10-5-2-6-11-31)46-39(47-35)32-19-13-27(14-20-32)23-42-38(45)33-12-7-21-41-24-33/h1-21,24,34-35,39,44H,22-23,25-26H2,(H,42,45). The molecule has 0 saturated carbocycles. The van der Waals surface area contributed by atoms with Crippen LogP contribution in [0.25, 0.3) is 22.6 Å². The van der Waals surface area contributed by atoms with Crippen LogP contribution in [0.3, 0.4) is 0 Å². The van der Waals surface area contributed by atoms with E-state index in [-0.39, 0.29) is 24.7 Å². The molecule has 0 spiro atoms. The molecule has 246 valence electrons. The van der Waals surface area contributed by atoms with Gasteiger partial charge in [-0.1, -0.05) is 121 Å². The molecule has 8 nitrogen and oxygen atoms in total. The first-order valence-electron chi connectivity index (χ1n) is 16.1. The number of rotatable bonds is 11. The predicted octanol–water partition coefficient (Wildman–Crippen LogP) is 8.16. The average molecular weight is 670 g/mol. The van der Waals surface area contributed by atoms with Crippen LogP contribution in [0.2, 0.25) is 0 Å². The van der Waals surface area contributed by atoms with Gasteiger partial charge < -0.3 is 24.3 Å². The predicted molar refractivity (Wildman–Crippen MR) is 188 cm³/mol. The molecular weight excluding hydrogens is 635 g/mol. The molecule has 3 unspecified atom stereocenters. The Morgan fingerprint density at radius 3 is 2.18 bits per heavy atom. The van der Waals surface area contributed by atoms with Gasteiger partial charge in [-0.25, -0.2) is 4.98 Å². The lowest BCUT2D eigenvalue weighted by molar-refractivity contribution is -0.245. The van der Waals surface area contributed by atoms with Crippen LogP contribution in [0.4, 0.5) is 0 Å². The van der Waals surface area contributed by atoms with Gasteiger partial charge in [-0.15, -0.1) is 0 Å². The van der Waals surface area contributed by atoms with E-state index >= 15 is 0 Å². The minimum Gasteiger partial charge on any atom is -0.431 e. The van der Waals surface area contributed by atoms with Gasteiger partial charge in [0, 0.05) is 47.8 Å². The van der Waals surface area contributed by atoms with Crippen LogP contribution in [0.5, 0.6) is 0 Å². The fourth-order valence-corrected chi connectivity index (χ4v) is 6.54. The molecule has 1 amide bonds. The number of aromatic nitrogens is 2. The minimum atomic E-state index is -0.606. The third kappa shape index (κ3) is 7.98. The third-order valence-electron chi connectivity index (χ3n) is 8.33. The van der Waals surface area contributed by atoms with Gasteiger partial charge in [0.25, 0.3) is 11.1 Å². The molecule has 9 heteroatoms. The Balaban J connectivity index is 1.08. The van der Waals surface area contributed by atoms with Gasteiger partial charge in [-0.3, -0.25) is 9.78 Å². The molecule has 49 heavy (non-hydrogen) atoms. The van der Waals surface area contributed by atoms with Crippen molar-refractivity contribution in [3.05, 3.63) is 162 Å². The number of aliphatic hydroxyl groups is 1. The Morgan fingerprint density at radius 2 is 1.49 bits per heavy atom. The van der Waals surface area contributed by atoms with Gasteiger partial charge in [-0.05, 0) is 28.8 Å². The van der Waals surface area contributed by atoms with Crippen molar-refractivity contribution in [1.29, 1.82) is 0 Å². The molecule has 0 bridgehead atoms. The molecule has 0 aliphatic carbocycles. The molecule has 2 aromatic heterocycles. The van der Waals surface area contributed by atoms with E-state index in [1.165, 1.54) is 11.8 Å². The Morgan fingerprint density at radius 1 is 0.796 bits per heavy atom. The smallest absolute Gasteiger partial charge is 0.256 e. The number of carbonyl (C=O) groups is 1. The molecule has 1 saturated heterocycles. The molecule has 4 aromatic carbocycles. The highest BCUT2D eigenvalue weighted by Gasteiger charge is 2.33. The number of nitrogens with zero attached hydrogens (tertiary/aromatic N) is 2. The topological polar surface area (TPSA) is 107 Å². The van der Waals surface area contributed by atoms with E-state index in [0.717, 1.165) is 44.8 Å². The maximum atomic E-state index is 12.5. The molecule has 7 rings (SSSR count). The zero-order chi connectivity index (χ0) is 33.4. The summed E-state index contributed by atoms with van der Waals surface area (Å²) in [5, 5.41) is 13.1. The number of aliphatic hydroxyl groups excluding tert-OH is 1. The van der Waals surface area contributed by atoms with E-state index in [9.17, 15) is 9.90 Å². The lowest BCUT2D eigenvalue weighted by atomic mass is 10.0. The highest BCUT2D eigenvalue weighted by atomic mass is 32.2. The number of nitrogens with one attached hydrogen (secondary N) is 1. The SMILES string of the molecule is O=C(NCc1ccc(C2OC(CSc3nc(-c4ccccc4)c(-c4ccccc4)o3)CC(c3ccc(CO)cc3)O2)cc1)c1cccnc1. The number of benzene rings is 4. The van der Waals surface area contributed by atoms with E-state index < -0.39 is 6.29 Å². The summed E-state index contributed by atoms with van der Waals surface area (Å²) in [6.07, 6.45) is 2.82. The van der Waals surface area contributed by atoms with Crippen LogP contribution in [0.15, 0.2) is 143 Å². The van der Waals surface area contributed by atoms with Crippen LogP contribution in [0.1, 0.15) is 51.4 Å². The second-order valence-electron chi connectivity index (χ2n) is 11.7. The lowest BCUT2D eigenvalue weighted by Gasteiger charge is -2.36. The van der Waals surface area contributed by atoms with Gasteiger partial charge in [-0.2, -0.15) is 0 Å². The molecule has 1 aliphatic rings. The summed E-state index contributed by atoms with van der Waals surface area (Å²) in [6.45, 7) is 0.365. The summed E-state index contributed by atoms with van der Waals surface area (Å²) >= 11 is 1.53. The monoisotopic (exact) mass is 669 g/mol. The van der Waals surface area contributed by atoms with Gasteiger partial charge in [0.05, 0.1) is 24.4 Å². The Hall–Kier alpha value is -5.06. The number of ether oxygens (including phenoxy) is 2. The normalized spacial score (nSPS) is 17.4. The molecule has 2 N–H and O–H groups in total. The summed E-state index contributed by atoms with van der Waals surface area (Å²) in [7, 11) is 0. The fraction of sp³-hybridized carbons (Fsp3) is 0.175. The third-order valence-corrected chi connectivity index (χ3v) is 9.29. The van der Waals surface area contributed by atoms with Crippen LogP contribution in [-0.4, -0.2) is 32.8 Å². The molecule has 1 aliphatic heterocycles. The number of hydrogen-bond acceptors (Lipinski definition) is 8. The molecule has 3 atom stereocenters. The summed E-state index contributed by atoms with van der Waals surface area (Å²) in [6, 6.07) is 39.3. The van der Waals surface area contributed by atoms with E-state index in [0.29, 0.717) is 29.5 Å². The molecule has 0 radical (unpaired) electrons. The second-order valence-corrected chi connectivity index (χ2v) is 12.7. The van der Waals surface area contributed by atoms with Crippen molar-refractivity contribution in [2.45, 2.75) is 43.3 Å². The maximum Gasteiger partial charge on any atom is 0.256 e. The van der Waals surface area contributed by atoms with Crippen LogP contribution >= 0.6 is 11.8 Å². The molecule has 6 aromatic rings. The second kappa shape index (κ2) is 15.4. The first-order chi connectivity index (χ1) is 24.1. The zero-order valence-electron chi connectivity index (χ0n) is 26.6. The summed E-state index contributed by atoms with van der Waals surface area (Å²) < 4.78 is 19.5. The van der Waals surface area contributed by atoms with Crippen molar-refractivity contribution in [2.75, 3.05) is 5.75 Å². The summed E-state index contributed by atoms with van der Waals surface area (Å²) in [5.74, 6) is 1.16. The van der Waals surface area contributed by atoms with E-state index in [1.54, 1.807) is 24.5 Å². The minimum absolute atomic E-state index is 0.0159. The fourth-order valence-electron chi connectivity index (χ4n) is 5.70. The Bertz CT molecular complexity index is 1900. The van der Waals surface area contributed by atoms with Crippen LogP contribution < -0.4 is 5.32 Å². The van der Waals surface area contributed by atoms with E-state index in [1.807, 2.05) is 109 Å². The van der Waals surface area contributed by atoms with E-state index in [4.69, 9.17) is 18.9 Å². The Kier molecular flexibility index (Phi) is 10.2. The summed E-state index contributed by atoms with van der Waals surface area (Å²) in [4.78, 5) is 21.4. The van der Waals surface area contributed by atoms with Crippen molar-refractivity contribution in [3.63, 3.8) is 0 Å². The van der Waals surface area contributed by atoms with Gasteiger partial charge in [0.1, 0.15) is 5.69 Å². The first kappa shape index (κ1) is 32.5. The highest BCUT2D eigenvalue weighted by Crippen LogP contribution is 2.41. The van der Waals surface area contributed by atoms with Crippen molar-refractivity contribution in [3.8, 4) is 22.6 Å². The quantitative estimate of drug-likeness (QED) is 0.133. The number of hydrogen-bond donors (Lipinski definition) is 2. The largest absolute Gasteiger partial charge is 0.431 e. The van der Waals surface area contributed by atoms with E-state index in [2.05, 4.69) is 10.3 Å². The van der Waals surface area contributed by atoms with Crippen molar-refractivity contribution in [2.24, 2.45) is 0 Å². The maximum absolute atomic E-state index is 12.5. The highest BCUT2D eigenvalue weighted by molar-refractivity contribution is 7.99. The number of thioether (sulfide) groups is 1. The lowest BCUT2D eigenvalue weighted by Crippen LogP contribution is -2.31. The van der Waals surface area contributed by atoms with Crippen molar-refractivity contribution < 1.29 is 23.8 Å². The average Bonchev–Trinajstić information content (AvgIpc) is 3.62. The molecule has 3 heterocycles. The molecule has 1 fully saturated rings. The number of amides is 1. The number of oxazole rings is 1. The Labute approximate surface area is 289 Å². The first-order valence-corrected chi connectivity index (χ1v) is 17.1. The van der Waals surface area contributed by atoms with Crippen molar-refractivity contribution >= 4 is 17.7 Å². The van der Waals surface area contributed by atoms with Gasteiger partial charge in [0.15, 0.2) is 12.1 Å². The summed E-state index contributed by atoms with van der Waals surface area (Å²) in [5.41, 5.74) is 6.97. The van der Waals surface area contributed by atoms with Gasteiger partial charge >= 0.3 is 0 Å². The number of carbonyl (C=O) groups excluding carboxylic acids is 1. The number of pyridine rings is 1. The van der Waals surface area contributed by atoms with Crippen LogP contribution in [0, 0.1) is 0 Å².